The van der Waals surface area contributed by atoms with Gasteiger partial charge < -0.3 is 10.2 Å². The smallest absolute Gasteiger partial charge is 0.314 e. The molecule has 0 saturated carbocycles. The third kappa shape index (κ3) is 3.35. The topological polar surface area (TPSA) is 55.9 Å². The van der Waals surface area contributed by atoms with E-state index in [1.54, 1.807) is 17.0 Å². The molecule has 2 heterocycles. The van der Waals surface area contributed by atoms with Crippen molar-refractivity contribution in [2.45, 2.75) is 19.1 Å². The summed E-state index contributed by atoms with van der Waals surface area (Å²) in [6.07, 6.45) is 0.0574. The molecule has 1 unspecified atom stereocenters. The van der Waals surface area contributed by atoms with Crippen molar-refractivity contribution in [1.82, 2.24) is 20.0 Å². The predicted molar refractivity (Wildman–Crippen MR) is 83.0 cm³/mol. The van der Waals surface area contributed by atoms with Crippen LogP contribution < -0.4 is 5.32 Å². The van der Waals surface area contributed by atoms with Crippen LogP contribution in [0.5, 0.6) is 0 Å². The SMILES string of the molecule is CN1C(=O)CC(N2CCNCC2)N(Cc2ccc(F)cc2)C1=O. The van der Waals surface area contributed by atoms with Crippen LogP contribution in [0.3, 0.4) is 0 Å². The summed E-state index contributed by atoms with van der Waals surface area (Å²) in [6.45, 7) is 3.66. The number of piperazine rings is 1. The number of urea groups is 1. The van der Waals surface area contributed by atoms with Crippen molar-refractivity contribution in [3.63, 3.8) is 0 Å². The van der Waals surface area contributed by atoms with Gasteiger partial charge in [-0.3, -0.25) is 14.6 Å². The average Bonchev–Trinajstić information content (AvgIpc) is 2.58. The van der Waals surface area contributed by atoms with Crippen LogP contribution >= 0.6 is 0 Å². The molecule has 3 amide bonds. The average molecular weight is 320 g/mol. The van der Waals surface area contributed by atoms with E-state index in [9.17, 15) is 14.0 Å². The van der Waals surface area contributed by atoms with E-state index in [0.29, 0.717) is 13.0 Å². The van der Waals surface area contributed by atoms with Gasteiger partial charge in [0, 0.05) is 39.8 Å². The summed E-state index contributed by atoms with van der Waals surface area (Å²) < 4.78 is 13.1. The van der Waals surface area contributed by atoms with Crippen LogP contribution in [0, 0.1) is 5.82 Å². The summed E-state index contributed by atoms with van der Waals surface area (Å²) in [5, 5.41) is 3.27. The van der Waals surface area contributed by atoms with Crippen LogP contribution in [0.1, 0.15) is 12.0 Å². The molecule has 0 bridgehead atoms. The highest BCUT2D eigenvalue weighted by Gasteiger charge is 2.39. The van der Waals surface area contributed by atoms with E-state index in [1.807, 2.05) is 0 Å². The number of hydrogen-bond donors (Lipinski definition) is 1. The Balaban J connectivity index is 1.82. The maximum Gasteiger partial charge on any atom is 0.328 e. The molecule has 2 saturated heterocycles. The van der Waals surface area contributed by atoms with Gasteiger partial charge in [-0.25, -0.2) is 9.18 Å². The van der Waals surface area contributed by atoms with Crippen molar-refractivity contribution in [3.05, 3.63) is 35.6 Å². The molecule has 2 aliphatic heterocycles. The van der Waals surface area contributed by atoms with Crippen molar-refractivity contribution in [2.75, 3.05) is 33.2 Å². The molecular formula is C16H21FN4O2. The lowest BCUT2D eigenvalue weighted by Crippen LogP contribution is -2.63. The molecule has 2 fully saturated rings. The lowest BCUT2D eigenvalue weighted by Gasteiger charge is -2.45. The third-order valence-electron chi connectivity index (χ3n) is 4.46. The lowest BCUT2D eigenvalue weighted by molar-refractivity contribution is -0.135. The molecule has 1 aromatic rings. The zero-order valence-corrected chi connectivity index (χ0v) is 13.2. The highest BCUT2D eigenvalue weighted by molar-refractivity contribution is 5.96. The first-order chi connectivity index (χ1) is 11.1. The van der Waals surface area contributed by atoms with Crippen LogP contribution in [-0.2, 0) is 11.3 Å². The number of carbonyl (C=O) groups is 2. The molecule has 0 aromatic heterocycles. The molecule has 6 nitrogen and oxygen atoms in total. The number of hydrogen-bond acceptors (Lipinski definition) is 4. The van der Waals surface area contributed by atoms with Crippen LogP contribution in [0.15, 0.2) is 24.3 Å². The Bertz CT molecular complexity index is 586. The van der Waals surface area contributed by atoms with Crippen molar-refractivity contribution < 1.29 is 14.0 Å². The summed E-state index contributed by atoms with van der Waals surface area (Å²) in [4.78, 5) is 29.7. The molecule has 1 atom stereocenters. The summed E-state index contributed by atoms with van der Waals surface area (Å²) in [5.74, 6) is -0.460. The first-order valence-electron chi connectivity index (χ1n) is 7.82. The van der Waals surface area contributed by atoms with Crippen molar-refractivity contribution in [2.24, 2.45) is 0 Å². The van der Waals surface area contributed by atoms with Crippen LogP contribution in [0.4, 0.5) is 9.18 Å². The number of rotatable bonds is 3. The van der Waals surface area contributed by atoms with Gasteiger partial charge in [0.1, 0.15) is 5.82 Å². The monoisotopic (exact) mass is 320 g/mol. The molecule has 7 heteroatoms. The maximum atomic E-state index is 13.1. The van der Waals surface area contributed by atoms with Crippen LogP contribution in [0.2, 0.25) is 0 Å². The standard InChI is InChI=1S/C16H21FN4O2/c1-19-15(22)10-14(20-8-6-18-7-9-20)21(16(19)23)11-12-2-4-13(17)5-3-12/h2-5,14,18H,6-11H2,1H3. The Kier molecular flexibility index (Phi) is 4.58. The van der Waals surface area contributed by atoms with Crippen molar-refractivity contribution in [1.29, 1.82) is 0 Å². The summed E-state index contributed by atoms with van der Waals surface area (Å²) in [6, 6.07) is 5.83. The van der Waals surface area contributed by atoms with Gasteiger partial charge in [0.15, 0.2) is 0 Å². The van der Waals surface area contributed by atoms with Crippen molar-refractivity contribution >= 4 is 11.9 Å². The summed E-state index contributed by atoms with van der Waals surface area (Å²) in [5.41, 5.74) is 0.850. The Morgan fingerprint density at radius 2 is 1.83 bits per heavy atom. The second-order valence-corrected chi connectivity index (χ2v) is 5.96. The largest absolute Gasteiger partial charge is 0.328 e. The first kappa shape index (κ1) is 15.9. The zero-order chi connectivity index (χ0) is 16.4. The number of nitrogens with zero attached hydrogens (tertiary/aromatic N) is 3. The first-order valence-corrected chi connectivity index (χ1v) is 7.82. The molecule has 0 spiro atoms. The molecular weight excluding hydrogens is 299 g/mol. The van der Waals surface area contributed by atoms with E-state index in [1.165, 1.54) is 24.1 Å². The number of amides is 3. The van der Waals surface area contributed by atoms with Gasteiger partial charge in [-0.15, -0.1) is 0 Å². The number of halogens is 1. The summed E-state index contributed by atoms with van der Waals surface area (Å²) in [7, 11) is 1.51. The van der Waals surface area contributed by atoms with Gasteiger partial charge in [0.05, 0.1) is 12.6 Å². The Morgan fingerprint density at radius 3 is 2.48 bits per heavy atom. The fraction of sp³-hybridized carbons (Fsp3) is 0.500. The molecule has 3 rings (SSSR count). The molecule has 0 radical (unpaired) electrons. The van der Waals surface area contributed by atoms with E-state index in [0.717, 1.165) is 31.7 Å². The van der Waals surface area contributed by atoms with Gasteiger partial charge in [0.2, 0.25) is 5.91 Å². The van der Waals surface area contributed by atoms with Gasteiger partial charge in [-0.1, -0.05) is 12.1 Å². The van der Waals surface area contributed by atoms with Crippen LogP contribution in [0.25, 0.3) is 0 Å². The Hall–Kier alpha value is -1.99. The van der Waals surface area contributed by atoms with Gasteiger partial charge in [-0.05, 0) is 17.7 Å². The Labute approximate surface area is 134 Å². The minimum Gasteiger partial charge on any atom is -0.314 e. The fourth-order valence-electron chi connectivity index (χ4n) is 3.10. The molecule has 1 aromatic carbocycles. The second-order valence-electron chi connectivity index (χ2n) is 5.96. The third-order valence-corrected chi connectivity index (χ3v) is 4.46. The zero-order valence-electron chi connectivity index (χ0n) is 13.2. The minimum atomic E-state index is -0.301. The molecule has 1 N–H and O–H groups in total. The Morgan fingerprint density at radius 1 is 1.17 bits per heavy atom. The fourth-order valence-corrected chi connectivity index (χ4v) is 3.10. The van der Waals surface area contributed by atoms with E-state index >= 15 is 0 Å². The highest BCUT2D eigenvalue weighted by atomic mass is 19.1. The van der Waals surface area contributed by atoms with Crippen LogP contribution in [-0.4, -0.2) is 66.0 Å². The molecule has 0 aliphatic carbocycles. The van der Waals surface area contributed by atoms with E-state index in [2.05, 4.69) is 10.2 Å². The molecule has 124 valence electrons. The van der Waals surface area contributed by atoms with E-state index in [-0.39, 0.29) is 23.9 Å². The number of carbonyl (C=O) groups excluding carboxylic acids is 2. The van der Waals surface area contributed by atoms with E-state index < -0.39 is 0 Å². The lowest BCUT2D eigenvalue weighted by atomic mass is 10.1. The minimum absolute atomic E-state index is 0.158. The normalized spacial score (nSPS) is 23.5. The quantitative estimate of drug-likeness (QED) is 0.897. The molecule has 23 heavy (non-hydrogen) atoms. The highest BCUT2D eigenvalue weighted by Crippen LogP contribution is 2.22. The van der Waals surface area contributed by atoms with E-state index in [4.69, 9.17) is 0 Å². The number of imide groups is 1. The predicted octanol–water partition coefficient (Wildman–Crippen LogP) is 0.841. The maximum absolute atomic E-state index is 13.1. The second kappa shape index (κ2) is 6.64. The summed E-state index contributed by atoms with van der Waals surface area (Å²) >= 11 is 0. The van der Waals surface area contributed by atoms with Crippen molar-refractivity contribution in [3.8, 4) is 0 Å². The number of benzene rings is 1. The van der Waals surface area contributed by atoms with Gasteiger partial charge in [-0.2, -0.15) is 0 Å². The molecule has 2 aliphatic rings. The number of nitrogens with one attached hydrogen (secondary N) is 1. The van der Waals surface area contributed by atoms with Gasteiger partial charge >= 0.3 is 6.03 Å². The van der Waals surface area contributed by atoms with Gasteiger partial charge in [0.25, 0.3) is 0 Å².